The molecule has 9 nitrogen and oxygen atoms in total. The Morgan fingerprint density at radius 2 is 1.84 bits per heavy atom. The van der Waals surface area contributed by atoms with E-state index in [-0.39, 0.29) is 11.8 Å². The number of unbranched alkanes of at least 4 members (excludes halogenated alkanes) is 3. The Labute approximate surface area is 223 Å². The van der Waals surface area contributed by atoms with E-state index in [0.29, 0.717) is 29.5 Å². The monoisotopic (exact) mass is 528 g/mol. The Morgan fingerprint density at radius 1 is 1.05 bits per heavy atom. The van der Waals surface area contributed by atoms with E-state index in [9.17, 15) is 9.59 Å². The maximum absolute atomic E-state index is 12.6. The standard InChI is InChI=1S/C27H36N4O5S/c1-30(2)14-7-5-6-8-15-36-26(32)28-22-11-9-10-20(16-22)18-31-27(33)37-19-23(29-31)21-12-13-24(34-3)25(17-21)35-4/h9-13,16-17H,5-8,14-15,18-19H2,1-4H3,(H,28,32). The van der Waals surface area contributed by atoms with Gasteiger partial charge >= 0.3 is 11.3 Å². The third kappa shape index (κ3) is 8.98. The highest BCUT2D eigenvalue weighted by molar-refractivity contribution is 8.14. The number of nitrogens with zero attached hydrogens (tertiary/aromatic N) is 3. The fourth-order valence-corrected chi connectivity index (χ4v) is 4.54. The number of amides is 2. The minimum Gasteiger partial charge on any atom is -0.493 e. The molecule has 37 heavy (non-hydrogen) atoms. The van der Waals surface area contributed by atoms with Crippen molar-refractivity contribution >= 4 is 34.5 Å². The quantitative estimate of drug-likeness (QED) is 0.346. The van der Waals surface area contributed by atoms with E-state index >= 15 is 0 Å². The van der Waals surface area contributed by atoms with Crippen LogP contribution in [0.1, 0.15) is 36.8 Å². The lowest BCUT2D eigenvalue weighted by Crippen LogP contribution is -2.29. The fourth-order valence-electron chi connectivity index (χ4n) is 3.80. The van der Waals surface area contributed by atoms with E-state index in [4.69, 9.17) is 14.2 Å². The van der Waals surface area contributed by atoms with Crippen molar-refractivity contribution in [3.8, 4) is 11.5 Å². The summed E-state index contributed by atoms with van der Waals surface area (Å²) in [6.45, 7) is 1.74. The molecule has 2 aromatic rings. The molecule has 0 saturated heterocycles. The van der Waals surface area contributed by atoms with E-state index < -0.39 is 6.09 Å². The van der Waals surface area contributed by atoms with Crippen LogP contribution >= 0.6 is 11.8 Å². The molecule has 3 rings (SSSR count). The molecule has 0 spiro atoms. The van der Waals surface area contributed by atoms with Gasteiger partial charge in [-0.3, -0.25) is 10.1 Å². The lowest BCUT2D eigenvalue weighted by atomic mass is 10.1. The Balaban J connectivity index is 1.55. The number of ether oxygens (including phenoxy) is 3. The van der Waals surface area contributed by atoms with Gasteiger partial charge in [0.15, 0.2) is 11.5 Å². The minimum absolute atomic E-state index is 0.132. The van der Waals surface area contributed by atoms with E-state index in [1.54, 1.807) is 20.3 Å². The summed E-state index contributed by atoms with van der Waals surface area (Å²) in [5.41, 5.74) is 3.07. The first-order valence-electron chi connectivity index (χ1n) is 12.3. The van der Waals surface area contributed by atoms with Gasteiger partial charge in [-0.1, -0.05) is 36.7 Å². The van der Waals surface area contributed by atoms with Crippen LogP contribution in [0.3, 0.4) is 0 Å². The molecule has 10 heteroatoms. The highest BCUT2D eigenvalue weighted by Gasteiger charge is 2.23. The van der Waals surface area contributed by atoms with E-state index in [2.05, 4.69) is 29.4 Å². The molecule has 2 amide bonds. The molecule has 0 fully saturated rings. The van der Waals surface area contributed by atoms with Crippen molar-refractivity contribution in [1.82, 2.24) is 9.91 Å². The Morgan fingerprint density at radius 3 is 2.59 bits per heavy atom. The van der Waals surface area contributed by atoms with E-state index in [1.807, 2.05) is 36.4 Å². The van der Waals surface area contributed by atoms with Crippen LogP contribution in [-0.2, 0) is 11.3 Å². The summed E-state index contributed by atoms with van der Waals surface area (Å²) >= 11 is 1.20. The van der Waals surface area contributed by atoms with Crippen molar-refractivity contribution in [3.05, 3.63) is 53.6 Å². The van der Waals surface area contributed by atoms with Gasteiger partial charge in [0.05, 0.1) is 33.1 Å². The molecular weight excluding hydrogens is 492 g/mol. The number of hydrogen-bond acceptors (Lipinski definition) is 8. The lowest BCUT2D eigenvalue weighted by Gasteiger charge is -2.23. The van der Waals surface area contributed by atoms with Crippen LogP contribution in [0.15, 0.2) is 47.6 Å². The number of nitrogens with one attached hydrogen (secondary N) is 1. The summed E-state index contributed by atoms with van der Waals surface area (Å²) in [7, 11) is 7.30. The van der Waals surface area contributed by atoms with Crippen molar-refractivity contribution in [2.45, 2.75) is 32.2 Å². The fraction of sp³-hybridized carbons (Fsp3) is 0.444. The first-order chi connectivity index (χ1) is 17.9. The van der Waals surface area contributed by atoms with Gasteiger partial charge in [-0.05, 0) is 69.4 Å². The number of thioether (sulfide) groups is 1. The summed E-state index contributed by atoms with van der Waals surface area (Å²) in [4.78, 5) is 26.9. The second kappa shape index (κ2) is 14.5. The molecular formula is C27H36N4O5S. The van der Waals surface area contributed by atoms with Gasteiger partial charge in [0, 0.05) is 17.0 Å². The zero-order valence-electron chi connectivity index (χ0n) is 22.0. The predicted molar refractivity (Wildman–Crippen MR) is 148 cm³/mol. The van der Waals surface area contributed by atoms with Gasteiger partial charge in [-0.2, -0.15) is 5.10 Å². The van der Waals surface area contributed by atoms with Gasteiger partial charge in [-0.25, -0.2) is 9.80 Å². The highest BCUT2D eigenvalue weighted by atomic mass is 32.2. The summed E-state index contributed by atoms with van der Waals surface area (Å²) in [6.07, 6.45) is 3.66. The number of carbonyl (C=O) groups excluding carboxylic acids is 2. The van der Waals surface area contributed by atoms with E-state index in [0.717, 1.165) is 49.1 Å². The number of anilines is 1. The smallest absolute Gasteiger partial charge is 0.411 e. The molecule has 0 aliphatic carbocycles. The average molecular weight is 529 g/mol. The lowest BCUT2D eigenvalue weighted by molar-refractivity contribution is 0.159. The van der Waals surface area contributed by atoms with Crippen molar-refractivity contribution in [1.29, 1.82) is 0 Å². The third-order valence-corrected chi connectivity index (χ3v) is 6.62. The maximum Gasteiger partial charge on any atom is 0.411 e. The summed E-state index contributed by atoms with van der Waals surface area (Å²) in [5.74, 6) is 1.70. The third-order valence-electron chi connectivity index (χ3n) is 5.74. The Kier molecular flexibility index (Phi) is 11.1. The molecule has 200 valence electrons. The molecule has 0 atom stereocenters. The van der Waals surface area contributed by atoms with Crippen LogP contribution in [0.4, 0.5) is 15.3 Å². The second-order valence-electron chi connectivity index (χ2n) is 8.91. The molecule has 1 aliphatic rings. The highest BCUT2D eigenvalue weighted by Crippen LogP contribution is 2.30. The first kappa shape index (κ1) is 28.3. The van der Waals surface area contributed by atoms with Crippen LogP contribution in [-0.4, -0.2) is 74.2 Å². The number of methoxy groups -OCH3 is 2. The number of rotatable bonds is 13. The minimum atomic E-state index is -0.483. The average Bonchev–Trinajstić information content (AvgIpc) is 2.89. The molecule has 1 aliphatic heterocycles. The van der Waals surface area contributed by atoms with Crippen LogP contribution < -0.4 is 14.8 Å². The van der Waals surface area contributed by atoms with Crippen molar-refractivity contribution in [3.63, 3.8) is 0 Å². The van der Waals surface area contributed by atoms with Crippen molar-refractivity contribution < 1.29 is 23.8 Å². The second-order valence-corrected chi connectivity index (χ2v) is 9.83. The van der Waals surface area contributed by atoms with E-state index in [1.165, 1.54) is 16.8 Å². The van der Waals surface area contributed by atoms with Gasteiger partial charge in [0.25, 0.3) is 0 Å². The van der Waals surface area contributed by atoms with Gasteiger partial charge in [0.1, 0.15) is 0 Å². The van der Waals surface area contributed by atoms with Gasteiger partial charge < -0.3 is 19.1 Å². The number of benzene rings is 2. The molecule has 0 unspecified atom stereocenters. The topological polar surface area (TPSA) is 92.7 Å². The number of hydrazone groups is 1. The molecule has 0 radical (unpaired) electrons. The van der Waals surface area contributed by atoms with Gasteiger partial charge in [0.2, 0.25) is 0 Å². The van der Waals surface area contributed by atoms with Crippen LogP contribution in [0, 0.1) is 0 Å². The van der Waals surface area contributed by atoms with Gasteiger partial charge in [-0.15, -0.1) is 0 Å². The number of hydrogen-bond donors (Lipinski definition) is 1. The molecule has 1 heterocycles. The summed E-state index contributed by atoms with van der Waals surface area (Å²) in [6, 6.07) is 12.9. The van der Waals surface area contributed by atoms with Crippen LogP contribution in [0.2, 0.25) is 0 Å². The molecule has 2 aromatic carbocycles. The summed E-state index contributed by atoms with van der Waals surface area (Å²) < 4.78 is 16.0. The summed E-state index contributed by atoms with van der Waals surface area (Å²) in [5, 5.41) is 8.67. The molecule has 1 N–H and O–H groups in total. The maximum atomic E-state index is 12.6. The number of carbonyl (C=O) groups is 2. The van der Waals surface area contributed by atoms with Crippen LogP contribution in [0.25, 0.3) is 0 Å². The Bertz CT molecular complexity index is 1090. The van der Waals surface area contributed by atoms with Crippen LogP contribution in [0.5, 0.6) is 11.5 Å². The Hall–Kier alpha value is -3.24. The normalized spacial score (nSPS) is 13.4. The SMILES string of the molecule is COc1ccc(C2=NN(Cc3cccc(NC(=O)OCCCCCCN(C)C)c3)C(=O)SC2)cc1OC. The molecule has 0 bridgehead atoms. The van der Waals surface area contributed by atoms with Crippen molar-refractivity contribution in [2.75, 3.05) is 52.5 Å². The first-order valence-corrected chi connectivity index (χ1v) is 13.3. The largest absolute Gasteiger partial charge is 0.493 e. The zero-order valence-corrected chi connectivity index (χ0v) is 22.8. The van der Waals surface area contributed by atoms with Crippen molar-refractivity contribution in [2.24, 2.45) is 5.10 Å². The molecule has 0 aromatic heterocycles. The predicted octanol–water partition coefficient (Wildman–Crippen LogP) is 5.45. The zero-order chi connectivity index (χ0) is 26.6. The molecule has 0 saturated carbocycles.